The highest BCUT2D eigenvalue weighted by molar-refractivity contribution is 7.07. The predicted octanol–water partition coefficient (Wildman–Crippen LogP) is 0.975. The molecule has 2 aromatic heterocycles. The van der Waals surface area contributed by atoms with Crippen molar-refractivity contribution < 1.29 is 9.53 Å². The van der Waals surface area contributed by atoms with Crippen LogP contribution in [0.15, 0.2) is 58.6 Å². The van der Waals surface area contributed by atoms with Crippen molar-refractivity contribution in [3.63, 3.8) is 0 Å². The molecule has 7 nitrogen and oxygen atoms in total. The summed E-state index contributed by atoms with van der Waals surface area (Å²) in [6.45, 7) is 0.858. The lowest BCUT2D eigenvalue weighted by molar-refractivity contribution is 0.0601. The second-order valence-electron chi connectivity index (χ2n) is 5.93. The monoisotopic (exact) mass is 380 g/mol. The van der Waals surface area contributed by atoms with Crippen LogP contribution in [0.4, 0.5) is 5.69 Å². The molecule has 1 aliphatic heterocycles. The highest BCUT2D eigenvalue weighted by atomic mass is 32.1. The van der Waals surface area contributed by atoms with Crippen LogP contribution in [0.1, 0.15) is 15.9 Å². The van der Waals surface area contributed by atoms with Crippen LogP contribution < -0.4 is 19.8 Å². The lowest BCUT2D eigenvalue weighted by Gasteiger charge is -2.25. The van der Waals surface area contributed by atoms with E-state index in [2.05, 4.69) is 9.98 Å². The molecule has 0 unspecified atom stereocenters. The Labute approximate surface area is 158 Å². The summed E-state index contributed by atoms with van der Waals surface area (Å²) in [5, 5.41) is 0. The SMILES string of the molecule is COC(=O)c1ccc(N2CN=c3s/c(=C\c4cccnc4)c(=O)n3C2)cc1. The van der Waals surface area contributed by atoms with E-state index in [4.69, 9.17) is 4.74 Å². The van der Waals surface area contributed by atoms with Gasteiger partial charge in [0.25, 0.3) is 5.56 Å². The van der Waals surface area contributed by atoms with Gasteiger partial charge in [0.15, 0.2) is 4.80 Å². The summed E-state index contributed by atoms with van der Waals surface area (Å²) >= 11 is 1.38. The van der Waals surface area contributed by atoms with Crippen LogP contribution in [0.25, 0.3) is 6.08 Å². The average molecular weight is 380 g/mol. The van der Waals surface area contributed by atoms with Crippen molar-refractivity contribution >= 4 is 29.1 Å². The minimum absolute atomic E-state index is 0.0708. The van der Waals surface area contributed by atoms with Crippen molar-refractivity contribution in [1.29, 1.82) is 0 Å². The Kier molecular flexibility index (Phi) is 4.55. The topological polar surface area (TPSA) is 76.8 Å². The fraction of sp³-hybridized carbons (Fsp3) is 0.158. The number of fused-ring (bicyclic) bond motifs is 1. The van der Waals surface area contributed by atoms with Gasteiger partial charge < -0.3 is 9.64 Å². The lowest BCUT2D eigenvalue weighted by Crippen LogP contribution is -2.42. The number of esters is 1. The van der Waals surface area contributed by atoms with E-state index in [9.17, 15) is 9.59 Å². The van der Waals surface area contributed by atoms with E-state index < -0.39 is 0 Å². The Morgan fingerprint density at radius 3 is 2.78 bits per heavy atom. The predicted molar refractivity (Wildman–Crippen MR) is 102 cm³/mol. The van der Waals surface area contributed by atoms with Gasteiger partial charge in [0.05, 0.1) is 17.2 Å². The number of carbonyl (C=O) groups is 1. The summed E-state index contributed by atoms with van der Waals surface area (Å²) in [4.78, 5) is 35.6. The fourth-order valence-corrected chi connectivity index (χ4v) is 3.78. The number of thiazole rings is 1. The number of nitrogens with zero attached hydrogens (tertiary/aromatic N) is 4. The van der Waals surface area contributed by atoms with Gasteiger partial charge in [-0.3, -0.25) is 14.3 Å². The van der Waals surface area contributed by atoms with Crippen LogP contribution in [0.2, 0.25) is 0 Å². The Morgan fingerprint density at radius 1 is 1.26 bits per heavy atom. The number of pyridine rings is 1. The number of hydrogen-bond acceptors (Lipinski definition) is 7. The van der Waals surface area contributed by atoms with Gasteiger partial charge in [0, 0.05) is 18.1 Å². The Bertz CT molecular complexity index is 1150. The van der Waals surface area contributed by atoms with Crippen LogP contribution in [0.5, 0.6) is 0 Å². The third kappa shape index (κ3) is 3.39. The molecular weight excluding hydrogens is 364 g/mol. The molecule has 0 saturated heterocycles. The molecule has 0 aliphatic carbocycles. The minimum atomic E-state index is -0.378. The smallest absolute Gasteiger partial charge is 0.337 e. The molecule has 1 aromatic carbocycles. The van der Waals surface area contributed by atoms with Gasteiger partial charge in [-0.2, -0.15) is 0 Å². The molecular formula is C19H16N4O3S. The van der Waals surface area contributed by atoms with E-state index in [-0.39, 0.29) is 11.5 Å². The Morgan fingerprint density at radius 2 is 2.07 bits per heavy atom. The maximum Gasteiger partial charge on any atom is 0.337 e. The summed E-state index contributed by atoms with van der Waals surface area (Å²) in [5.41, 5.74) is 2.17. The number of anilines is 1. The third-order valence-corrected chi connectivity index (χ3v) is 5.26. The molecule has 0 N–H and O–H groups in total. The summed E-state index contributed by atoms with van der Waals surface area (Å²) in [6, 6.07) is 10.8. The van der Waals surface area contributed by atoms with Gasteiger partial charge in [-0.05, 0) is 42.0 Å². The molecule has 4 rings (SSSR count). The quantitative estimate of drug-likeness (QED) is 0.633. The maximum atomic E-state index is 12.8. The highest BCUT2D eigenvalue weighted by Crippen LogP contribution is 2.17. The second-order valence-corrected chi connectivity index (χ2v) is 6.94. The van der Waals surface area contributed by atoms with Crippen LogP contribution >= 0.6 is 11.3 Å². The zero-order valence-corrected chi connectivity index (χ0v) is 15.3. The summed E-state index contributed by atoms with van der Waals surface area (Å²) in [5.74, 6) is -0.378. The largest absolute Gasteiger partial charge is 0.465 e. The molecule has 0 radical (unpaired) electrons. The van der Waals surface area contributed by atoms with E-state index in [0.717, 1.165) is 11.3 Å². The number of ether oxygens (including phenoxy) is 1. The number of benzene rings is 1. The van der Waals surface area contributed by atoms with Gasteiger partial charge in [-0.15, -0.1) is 0 Å². The molecule has 3 heterocycles. The molecule has 0 fully saturated rings. The van der Waals surface area contributed by atoms with Crippen LogP contribution in [-0.4, -0.2) is 29.3 Å². The number of hydrogen-bond donors (Lipinski definition) is 0. The molecule has 0 saturated carbocycles. The normalized spacial score (nSPS) is 13.8. The highest BCUT2D eigenvalue weighted by Gasteiger charge is 2.16. The number of methoxy groups -OCH3 is 1. The fourth-order valence-electron chi connectivity index (χ4n) is 2.81. The number of carbonyl (C=O) groups excluding carboxylic acids is 1. The molecule has 1 aliphatic rings. The first-order valence-corrected chi connectivity index (χ1v) is 9.06. The van der Waals surface area contributed by atoms with Gasteiger partial charge in [-0.1, -0.05) is 17.4 Å². The van der Waals surface area contributed by atoms with Crippen molar-refractivity contribution in [2.24, 2.45) is 4.99 Å². The van der Waals surface area contributed by atoms with E-state index in [0.29, 0.717) is 28.2 Å². The molecule has 0 atom stereocenters. The first kappa shape index (κ1) is 17.2. The summed E-state index contributed by atoms with van der Waals surface area (Å²) < 4.78 is 7.00. The van der Waals surface area contributed by atoms with Crippen molar-refractivity contribution in [2.75, 3.05) is 18.7 Å². The zero-order valence-electron chi connectivity index (χ0n) is 14.5. The third-order valence-electron chi connectivity index (χ3n) is 4.21. The standard InChI is InChI=1S/C19H16N4O3S/c1-26-18(25)14-4-6-15(7-5-14)22-11-21-19-23(12-22)17(24)16(27-19)9-13-3-2-8-20-10-13/h2-10H,11-12H2,1H3/b16-9-. The number of rotatable bonds is 3. The summed E-state index contributed by atoms with van der Waals surface area (Å²) in [7, 11) is 1.35. The molecule has 8 heteroatoms. The minimum Gasteiger partial charge on any atom is -0.465 e. The van der Waals surface area contributed by atoms with Crippen molar-refractivity contribution in [2.45, 2.75) is 6.67 Å². The van der Waals surface area contributed by atoms with Crippen LogP contribution in [-0.2, 0) is 11.4 Å². The van der Waals surface area contributed by atoms with Crippen molar-refractivity contribution in [3.8, 4) is 0 Å². The summed E-state index contributed by atoms with van der Waals surface area (Å²) in [6.07, 6.45) is 5.24. The second kappa shape index (κ2) is 7.16. The van der Waals surface area contributed by atoms with Gasteiger partial charge >= 0.3 is 5.97 Å². The van der Waals surface area contributed by atoms with Gasteiger partial charge in [-0.25, -0.2) is 9.79 Å². The molecule has 136 valence electrons. The van der Waals surface area contributed by atoms with Crippen molar-refractivity contribution in [1.82, 2.24) is 9.55 Å². The van der Waals surface area contributed by atoms with Crippen LogP contribution in [0.3, 0.4) is 0 Å². The molecule has 0 spiro atoms. The van der Waals surface area contributed by atoms with Gasteiger partial charge in [0.2, 0.25) is 0 Å². The first-order valence-electron chi connectivity index (χ1n) is 8.25. The van der Waals surface area contributed by atoms with E-state index in [1.54, 1.807) is 29.1 Å². The van der Waals surface area contributed by atoms with E-state index in [1.807, 2.05) is 35.2 Å². The number of aromatic nitrogens is 2. The van der Waals surface area contributed by atoms with Crippen molar-refractivity contribution in [3.05, 3.63) is 79.6 Å². The molecule has 27 heavy (non-hydrogen) atoms. The maximum absolute atomic E-state index is 12.8. The molecule has 3 aromatic rings. The average Bonchev–Trinajstić information content (AvgIpc) is 3.03. The Hall–Kier alpha value is -3.26. The molecule has 0 bridgehead atoms. The zero-order chi connectivity index (χ0) is 18.8. The molecule has 0 amide bonds. The Balaban J connectivity index is 1.63. The lowest BCUT2D eigenvalue weighted by atomic mass is 10.2. The van der Waals surface area contributed by atoms with Gasteiger partial charge in [0.1, 0.15) is 13.3 Å². The van der Waals surface area contributed by atoms with Crippen LogP contribution in [0, 0.1) is 0 Å². The van der Waals surface area contributed by atoms with E-state index in [1.165, 1.54) is 18.4 Å². The first-order chi connectivity index (χ1) is 13.2. The van der Waals surface area contributed by atoms with E-state index >= 15 is 0 Å².